The van der Waals surface area contributed by atoms with Crippen LogP contribution in [0.4, 0.5) is 0 Å². The Bertz CT molecular complexity index is 321. The predicted molar refractivity (Wildman–Crippen MR) is 47.8 cm³/mol. The van der Waals surface area contributed by atoms with E-state index < -0.39 is 5.97 Å². The first kappa shape index (κ1) is 10.2. The van der Waals surface area contributed by atoms with Gasteiger partial charge in [-0.1, -0.05) is 0 Å². The minimum atomic E-state index is -1.03. The minimum Gasteiger partial charge on any atom is -0.480 e. The van der Waals surface area contributed by atoms with Crippen molar-refractivity contribution in [3.8, 4) is 0 Å². The van der Waals surface area contributed by atoms with Crippen LogP contribution in [0.5, 0.6) is 0 Å². The molecule has 0 atom stereocenters. The fraction of sp³-hybridized carbons (Fsp3) is 0.375. The van der Waals surface area contributed by atoms with Crippen LogP contribution in [0.1, 0.15) is 17.4 Å². The summed E-state index contributed by atoms with van der Waals surface area (Å²) in [6, 6.07) is 1.51. The van der Waals surface area contributed by atoms with Gasteiger partial charge in [-0.15, -0.1) is 0 Å². The molecular formula is C8H11N3O3. The molecule has 1 rings (SSSR count). The number of carboxylic acids is 1. The number of hydrogen-bond acceptors (Lipinski definition) is 3. The zero-order valence-corrected chi connectivity index (χ0v) is 7.73. The van der Waals surface area contributed by atoms with Crippen LogP contribution >= 0.6 is 0 Å². The van der Waals surface area contributed by atoms with Gasteiger partial charge >= 0.3 is 5.97 Å². The Balaban J connectivity index is 2.70. The Morgan fingerprint density at radius 1 is 1.64 bits per heavy atom. The molecule has 1 aromatic rings. The molecule has 0 aromatic carbocycles. The molecule has 0 aliphatic carbocycles. The van der Waals surface area contributed by atoms with E-state index in [-0.39, 0.29) is 12.5 Å². The van der Waals surface area contributed by atoms with Crippen molar-refractivity contribution in [1.29, 1.82) is 0 Å². The average Bonchev–Trinajstić information content (AvgIpc) is 2.65. The maximum atomic E-state index is 11.6. The molecule has 1 aromatic heterocycles. The highest BCUT2D eigenvalue weighted by molar-refractivity contribution is 5.93. The first-order valence-electron chi connectivity index (χ1n) is 4.15. The third kappa shape index (κ3) is 2.32. The van der Waals surface area contributed by atoms with Gasteiger partial charge in [-0.2, -0.15) is 5.10 Å². The van der Waals surface area contributed by atoms with E-state index in [4.69, 9.17) is 5.11 Å². The number of carbonyl (C=O) groups is 2. The lowest BCUT2D eigenvalue weighted by molar-refractivity contribution is -0.137. The number of nitrogens with one attached hydrogen (secondary N) is 1. The van der Waals surface area contributed by atoms with Gasteiger partial charge in [0.15, 0.2) is 0 Å². The number of amides is 1. The van der Waals surface area contributed by atoms with Gasteiger partial charge in [0, 0.05) is 12.7 Å². The maximum Gasteiger partial charge on any atom is 0.323 e. The second-order valence-electron chi connectivity index (χ2n) is 2.68. The number of aromatic nitrogens is 2. The molecule has 0 aliphatic rings. The molecule has 0 bridgehead atoms. The highest BCUT2D eigenvalue weighted by Gasteiger charge is 2.17. The Morgan fingerprint density at radius 2 is 2.36 bits per heavy atom. The second-order valence-corrected chi connectivity index (χ2v) is 2.68. The molecule has 0 saturated heterocycles. The summed E-state index contributed by atoms with van der Waals surface area (Å²) in [6.07, 6.45) is 1.45. The normalized spacial score (nSPS) is 9.79. The van der Waals surface area contributed by atoms with Gasteiger partial charge in [0.05, 0.1) is 0 Å². The van der Waals surface area contributed by atoms with Crippen LogP contribution in [0.3, 0.4) is 0 Å². The average molecular weight is 197 g/mol. The van der Waals surface area contributed by atoms with Gasteiger partial charge in [-0.05, 0) is 13.0 Å². The van der Waals surface area contributed by atoms with Crippen molar-refractivity contribution in [2.24, 2.45) is 0 Å². The summed E-state index contributed by atoms with van der Waals surface area (Å²) in [4.78, 5) is 23.2. The molecule has 2 N–H and O–H groups in total. The van der Waals surface area contributed by atoms with Gasteiger partial charge in [-0.25, -0.2) is 0 Å². The van der Waals surface area contributed by atoms with Crippen molar-refractivity contribution in [2.75, 3.05) is 13.1 Å². The van der Waals surface area contributed by atoms with Crippen LogP contribution in [0.15, 0.2) is 12.3 Å². The van der Waals surface area contributed by atoms with Crippen LogP contribution in [-0.4, -0.2) is 45.2 Å². The number of aliphatic carboxylic acids is 1. The maximum absolute atomic E-state index is 11.6. The van der Waals surface area contributed by atoms with Crippen molar-refractivity contribution < 1.29 is 14.7 Å². The molecule has 1 heterocycles. The SMILES string of the molecule is CCN(CC(=O)O)C(=O)c1ccn[nH]1. The van der Waals surface area contributed by atoms with E-state index in [1.165, 1.54) is 17.2 Å². The smallest absolute Gasteiger partial charge is 0.323 e. The Kier molecular flexibility index (Phi) is 3.22. The van der Waals surface area contributed by atoms with Crippen LogP contribution in [0.25, 0.3) is 0 Å². The molecule has 14 heavy (non-hydrogen) atoms. The summed E-state index contributed by atoms with van der Waals surface area (Å²) in [6.45, 7) is 1.77. The van der Waals surface area contributed by atoms with Gasteiger partial charge in [0.2, 0.25) is 0 Å². The van der Waals surface area contributed by atoms with Crippen LogP contribution in [0.2, 0.25) is 0 Å². The molecule has 76 valence electrons. The van der Waals surface area contributed by atoms with Crippen molar-refractivity contribution >= 4 is 11.9 Å². The third-order valence-corrected chi connectivity index (χ3v) is 1.73. The number of aromatic amines is 1. The van der Waals surface area contributed by atoms with Gasteiger partial charge in [-0.3, -0.25) is 14.7 Å². The van der Waals surface area contributed by atoms with Crippen LogP contribution < -0.4 is 0 Å². The Labute approximate surface area is 80.5 Å². The molecule has 6 nitrogen and oxygen atoms in total. The third-order valence-electron chi connectivity index (χ3n) is 1.73. The van der Waals surface area contributed by atoms with E-state index >= 15 is 0 Å². The van der Waals surface area contributed by atoms with E-state index in [0.717, 1.165) is 0 Å². The summed E-state index contributed by atoms with van der Waals surface area (Å²) in [5.41, 5.74) is 0.299. The highest BCUT2D eigenvalue weighted by atomic mass is 16.4. The summed E-state index contributed by atoms with van der Waals surface area (Å²) in [7, 11) is 0. The molecule has 0 spiro atoms. The molecule has 0 saturated carbocycles. The molecule has 0 aliphatic heterocycles. The lowest BCUT2D eigenvalue weighted by Gasteiger charge is -2.16. The molecule has 6 heteroatoms. The second kappa shape index (κ2) is 4.40. The van der Waals surface area contributed by atoms with E-state index in [1.54, 1.807) is 6.92 Å². The van der Waals surface area contributed by atoms with Crippen LogP contribution in [-0.2, 0) is 4.79 Å². The number of carboxylic acid groups (broad SMARTS) is 1. The highest BCUT2D eigenvalue weighted by Crippen LogP contribution is 1.99. The molecule has 0 radical (unpaired) electrons. The first-order valence-corrected chi connectivity index (χ1v) is 4.15. The predicted octanol–water partition coefficient (Wildman–Crippen LogP) is -0.0436. The van der Waals surface area contributed by atoms with Crippen molar-refractivity contribution in [1.82, 2.24) is 15.1 Å². The molecule has 0 unspecified atom stereocenters. The minimum absolute atomic E-state index is 0.297. The Morgan fingerprint density at radius 3 is 2.79 bits per heavy atom. The standard InChI is InChI=1S/C8H11N3O3/c1-2-11(5-7(12)13)8(14)6-3-4-9-10-6/h3-4H,2,5H2,1H3,(H,9,10)(H,12,13). The fourth-order valence-corrected chi connectivity index (χ4v) is 1.04. The van der Waals surface area contributed by atoms with Crippen molar-refractivity contribution in [3.63, 3.8) is 0 Å². The zero-order chi connectivity index (χ0) is 10.6. The number of carbonyl (C=O) groups excluding carboxylic acids is 1. The summed E-state index contributed by atoms with van der Waals surface area (Å²) in [5.74, 6) is -1.38. The number of nitrogens with zero attached hydrogens (tertiary/aromatic N) is 2. The van der Waals surface area contributed by atoms with E-state index in [1.807, 2.05) is 0 Å². The summed E-state index contributed by atoms with van der Waals surface area (Å²) >= 11 is 0. The Hall–Kier alpha value is -1.85. The van der Waals surface area contributed by atoms with Gasteiger partial charge < -0.3 is 10.0 Å². The first-order chi connectivity index (χ1) is 6.65. The van der Waals surface area contributed by atoms with E-state index in [9.17, 15) is 9.59 Å². The topological polar surface area (TPSA) is 86.3 Å². The molecular weight excluding hydrogens is 186 g/mol. The fourth-order valence-electron chi connectivity index (χ4n) is 1.04. The quantitative estimate of drug-likeness (QED) is 0.708. The summed E-state index contributed by atoms with van der Waals surface area (Å²) < 4.78 is 0. The summed E-state index contributed by atoms with van der Waals surface area (Å²) in [5, 5.41) is 14.7. The number of likely N-dealkylation sites (N-methyl/N-ethyl adjacent to an activating group) is 1. The number of rotatable bonds is 4. The van der Waals surface area contributed by atoms with Crippen LogP contribution in [0, 0.1) is 0 Å². The van der Waals surface area contributed by atoms with Crippen molar-refractivity contribution in [3.05, 3.63) is 18.0 Å². The van der Waals surface area contributed by atoms with Gasteiger partial charge in [0.25, 0.3) is 5.91 Å². The molecule has 1 amide bonds. The van der Waals surface area contributed by atoms with Crippen molar-refractivity contribution in [2.45, 2.75) is 6.92 Å². The van der Waals surface area contributed by atoms with E-state index in [2.05, 4.69) is 10.2 Å². The lowest BCUT2D eigenvalue weighted by Crippen LogP contribution is -2.35. The zero-order valence-electron chi connectivity index (χ0n) is 7.73. The number of H-pyrrole nitrogens is 1. The van der Waals surface area contributed by atoms with E-state index in [0.29, 0.717) is 12.2 Å². The van der Waals surface area contributed by atoms with Gasteiger partial charge in [0.1, 0.15) is 12.2 Å². The number of hydrogen-bond donors (Lipinski definition) is 2. The molecule has 0 fully saturated rings. The lowest BCUT2D eigenvalue weighted by atomic mass is 10.3. The monoisotopic (exact) mass is 197 g/mol. The largest absolute Gasteiger partial charge is 0.480 e.